The molecule has 5 nitrogen and oxygen atoms in total. The molecule has 3 rings (SSSR count). The predicted octanol–water partition coefficient (Wildman–Crippen LogP) is 2.24. The van der Waals surface area contributed by atoms with Crippen LogP contribution in [0.5, 0.6) is 5.75 Å². The van der Waals surface area contributed by atoms with Gasteiger partial charge in [0, 0.05) is 25.8 Å². The molecule has 1 amide bonds. The molecule has 1 aromatic carbocycles. The van der Waals surface area contributed by atoms with E-state index in [-0.39, 0.29) is 17.8 Å². The topological polar surface area (TPSA) is 48.0 Å². The van der Waals surface area contributed by atoms with Crippen molar-refractivity contribution in [3.8, 4) is 5.75 Å². The molecule has 0 aromatic heterocycles. The lowest BCUT2D eigenvalue weighted by molar-refractivity contribution is -0.137. The Bertz CT molecular complexity index is 586. The van der Waals surface area contributed by atoms with E-state index < -0.39 is 11.4 Å². The molecule has 6 heteroatoms. The summed E-state index contributed by atoms with van der Waals surface area (Å²) in [5.74, 6) is -0.580. The average molecular weight is 323 g/mol. The highest BCUT2D eigenvalue weighted by atomic mass is 19.1. The standard InChI is InChI=1S/C17H22FNO4/c1-21-14-5-4-12(10-13(14)18)16(20)19-8-6-15(22-2)17(11-19)7-3-9-23-17/h4-5,10,15H,3,6-9,11H2,1-2H3/t15-,17-/m0/s1. The minimum atomic E-state index is -0.531. The van der Waals surface area contributed by atoms with Gasteiger partial charge < -0.3 is 19.1 Å². The van der Waals surface area contributed by atoms with Gasteiger partial charge in [0.2, 0.25) is 0 Å². The number of nitrogens with zero attached hydrogens (tertiary/aromatic N) is 1. The molecular weight excluding hydrogens is 301 g/mol. The van der Waals surface area contributed by atoms with Crippen LogP contribution in [-0.4, -0.2) is 56.4 Å². The minimum Gasteiger partial charge on any atom is -0.494 e. The average Bonchev–Trinajstić information content (AvgIpc) is 3.02. The number of carbonyl (C=O) groups excluding carboxylic acids is 1. The minimum absolute atomic E-state index is 0.00153. The van der Waals surface area contributed by atoms with Crippen LogP contribution in [0.1, 0.15) is 29.6 Å². The molecule has 2 heterocycles. The number of likely N-dealkylation sites (tertiary alicyclic amines) is 1. The van der Waals surface area contributed by atoms with Crippen molar-refractivity contribution in [1.82, 2.24) is 4.90 Å². The molecule has 1 aromatic rings. The zero-order valence-electron chi connectivity index (χ0n) is 13.5. The maximum Gasteiger partial charge on any atom is 0.254 e. The lowest BCUT2D eigenvalue weighted by Gasteiger charge is -2.44. The van der Waals surface area contributed by atoms with Crippen LogP contribution in [0.2, 0.25) is 0 Å². The van der Waals surface area contributed by atoms with Gasteiger partial charge in [0.05, 0.1) is 19.8 Å². The predicted molar refractivity (Wildman–Crippen MR) is 82.2 cm³/mol. The summed E-state index contributed by atoms with van der Waals surface area (Å²) in [5.41, 5.74) is -0.0967. The summed E-state index contributed by atoms with van der Waals surface area (Å²) >= 11 is 0. The van der Waals surface area contributed by atoms with Gasteiger partial charge in [-0.25, -0.2) is 4.39 Å². The highest BCUT2D eigenvalue weighted by Gasteiger charge is 2.48. The maximum absolute atomic E-state index is 13.8. The number of amides is 1. The van der Waals surface area contributed by atoms with Crippen LogP contribution in [0.3, 0.4) is 0 Å². The molecule has 0 aliphatic carbocycles. The van der Waals surface area contributed by atoms with Crippen LogP contribution in [0.15, 0.2) is 18.2 Å². The third-order valence-electron chi connectivity index (χ3n) is 4.81. The van der Waals surface area contributed by atoms with Crippen LogP contribution < -0.4 is 4.74 Å². The Morgan fingerprint density at radius 1 is 1.43 bits per heavy atom. The summed E-state index contributed by atoms with van der Waals surface area (Å²) in [6.45, 7) is 1.76. The first-order valence-corrected chi connectivity index (χ1v) is 7.89. The Morgan fingerprint density at radius 2 is 2.26 bits per heavy atom. The van der Waals surface area contributed by atoms with Crippen molar-refractivity contribution >= 4 is 5.91 Å². The largest absolute Gasteiger partial charge is 0.494 e. The molecule has 0 saturated carbocycles. The first-order valence-electron chi connectivity index (χ1n) is 7.89. The van der Waals surface area contributed by atoms with E-state index in [0.29, 0.717) is 25.3 Å². The van der Waals surface area contributed by atoms with Crippen LogP contribution in [0, 0.1) is 5.82 Å². The SMILES string of the molecule is COc1ccc(C(=O)N2CC[C@H](OC)[C@]3(CCCO3)C2)cc1F. The maximum atomic E-state index is 13.8. The molecule has 2 atom stereocenters. The quantitative estimate of drug-likeness (QED) is 0.856. The van der Waals surface area contributed by atoms with Gasteiger partial charge in [0.25, 0.3) is 5.91 Å². The van der Waals surface area contributed by atoms with Crippen molar-refractivity contribution in [1.29, 1.82) is 0 Å². The second-order valence-electron chi connectivity index (χ2n) is 6.11. The van der Waals surface area contributed by atoms with Crippen molar-refractivity contribution in [3.05, 3.63) is 29.6 Å². The van der Waals surface area contributed by atoms with E-state index in [2.05, 4.69) is 0 Å². The number of piperidine rings is 1. The van der Waals surface area contributed by atoms with Gasteiger partial charge in [0.15, 0.2) is 11.6 Å². The summed E-state index contributed by atoms with van der Waals surface area (Å²) < 4.78 is 30.3. The van der Waals surface area contributed by atoms with Crippen molar-refractivity contribution in [3.63, 3.8) is 0 Å². The zero-order valence-corrected chi connectivity index (χ0v) is 13.5. The first kappa shape index (κ1) is 16.2. The molecule has 1 spiro atoms. The molecular formula is C17H22FNO4. The van der Waals surface area contributed by atoms with Crippen LogP contribution in [-0.2, 0) is 9.47 Å². The van der Waals surface area contributed by atoms with E-state index in [1.165, 1.54) is 19.2 Å². The Balaban J connectivity index is 1.79. The van der Waals surface area contributed by atoms with Crippen molar-refractivity contribution in [2.24, 2.45) is 0 Å². The number of hydrogen-bond acceptors (Lipinski definition) is 4. The van der Waals surface area contributed by atoms with Gasteiger partial charge in [-0.05, 0) is 37.5 Å². The third-order valence-corrected chi connectivity index (χ3v) is 4.81. The van der Waals surface area contributed by atoms with Gasteiger partial charge >= 0.3 is 0 Å². The Kier molecular flexibility index (Phi) is 4.55. The smallest absolute Gasteiger partial charge is 0.254 e. The fourth-order valence-corrected chi connectivity index (χ4v) is 3.63. The van der Waals surface area contributed by atoms with Gasteiger partial charge in [-0.15, -0.1) is 0 Å². The van der Waals surface area contributed by atoms with E-state index in [0.717, 1.165) is 19.3 Å². The summed E-state index contributed by atoms with van der Waals surface area (Å²) in [4.78, 5) is 14.4. The summed E-state index contributed by atoms with van der Waals surface area (Å²) in [5, 5.41) is 0. The van der Waals surface area contributed by atoms with E-state index in [1.54, 1.807) is 18.1 Å². The Morgan fingerprint density at radius 3 is 2.87 bits per heavy atom. The van der Waals surface area contributed by atoms with Crippen LogP contribution in [0.4, 0.5) is 4.39 Å². The van der Waals surface area contributed by atoms with Crippen LogP contribution >= 0.6 is 0 Å². The molecule has 2 fully saturated rings. The van der Waals surface area contributed by atoms with E-state index in [4.69, 9.17) is 14.2 Å². The van der Waals surface area contributed by atoms with E-state index in [9.17, 15) is 9.18 Å². The van der Waals surface area contributed by atoms with Gasteiger partial charge in [-0.3, -0.25) is 4.79 Å². The molecule has 2 aliphatic rings. The van der Waals surface area contributed by atoms with E-state index >= 15 is 0 Å². The van der Waals surface area contributed by atoms with Gasteiger partial charge in [-0.1, -0.05) is 0 Å². The normalized spacial score (nSPS) is 27.4. The molecule has 0 bridgehead atoms. The molecule has 2 saturated heterocycles. The van der Waals surface area contributed by atoms with Crippen molar-refractivity contribution in [2.75, 3.05) is 33.9 Å². The summed E-state index contributed by atoms with van der Waals surface area (Å²) in [6.07, 6.45) is 2.58. The van der Waals surface area contributed by atoms with Crippen LogP contribution in [0.25, 0.3) is 0 Å². The molecule has 0 radical (unpaired) electrons. The second-order valence-corrected chi connectivity index (χ2v) is 6.11. The van der Waals surface area contributed by atoms with Gasteiger partial charge in [-0.2, -0.15) is 0 Å². The molecule has 2 aliphatic heterocycles. The highest BCUT2D eigenvalue weighted by Crippen LogP contribution is 2.36. The fourth-order valence-electron chi connectivity index (χ4n) is 3.63. The summed E-state index contributed by atoms with van der Waals surface area (Å²) in [6, 6.07) is 4.30. The fraction of sp³-hybridized carbons (Fsp3) is 0.588. The van der Waals surface area contributed by atoms with E-state index in [1.807, 2.05) is 0 Å². The van der Waals surface area contributed by atoms with Crippen molar-refractivity contribution in [2.45, 2.75) is 31.0 Å². The van der Waals surface area contributed by atoms with Crippen molar-refractivity contribution < 1.29 is 23.4 Å². The lowest BCUT2D eigenvalue weighted by Crippen LogP contribution is -2.58. The Labute approximate surface area is 135 Å². The Hall–Kier alpha value is -1.66. The molecule has 126 valence electrons. The molecule has 0 unspecified atom stereocenters. The lowest BCUT2D eigenvalue weighted by atomic mass is 9.86. The number of carbonyl (C=O) groups is 1. The number of ether oxygens (including phenoxy) is 3. The molecule has 0 N–H and O–H groups in total. The monoisotopic (exact) mass is 323 g/mol. The first-order chi connectivity index (χ1) is 11.1. The second kappa shape index (κ2) is 6.45. The number of rotatable bonds is 3. The highest BCUT2D eigenvalue weighted by molar-refractivity contribution is 5.94. The van der Waals surface area contributed by atoms with Gasteiger partial charge in [0.1, 0.15) is 5.60 Å². The number of benzene rings is 1. The number of halogens is 1. The summed E-state index contributed by atoms with van der Waals surface area (Å²) in [7, 11) is 3.08. The molecule has 23 heavy (non-hydrogen) atoms. The zero-order chi connectivity index (χ0) is 16.4. The number of methoxy groups -OCH3 is 2. The third kappa shape index (κ3) is 2.93. The number of hydrogen-bond donors (Lipinski definition) is 0.